The van der Waals surface area contributed by atoms with Crippen molar-refractivity contribution in [2.24, 2.45) is 0 Å². The van der Waals surface area contributed by atoms with Gasteiger partial charge < -0.3 is 5.32 Å². The van der Waals surface area contributed by atoms with Crippen LogP contribution in [-0.2, 0) is 6.42 Å². The van der Waals surface area contributed by atoms with Crippen LogP contribution in [0.1, 0.15) is 23.9 Å². The molecular weight excluding hydrogens is 326 g/mol. The fourth-order valence-corrected chi connectivity index (χ4v) is 2.37. The lowest BCUT2D eigenvalue weighted by molar-refractivity contribution is 0.934. The van der Waals surface area contributed by atoms with Gasteiger partial charge in [0.2, 0.25) is 0 Å². The van der Waals surface area contributed by atoms with Crippen molar-refractivity contribution in [1.82, 2.24) is 9.97 Å². The van der Waals surface area contributed by atoms with Gasteiger partial charge in [0, 0.05) is 22.1 Å². The van der Waals surface area contributed by atoms with Gasteiger partial charge >= 0.3 is 0 Å². The van der Waals surface area contributed by atoms with Gasteiger partial charge in [-0.1, -0.05) is 34.5 Å². The van der Waals surface area contributed by atoms with E-state index < -0.39 is 0 Å². The summed E-state index contributed by atoms with van der Waals surface area (Å²) in [6.45, 7) is 5.97. The molecule has 0 spiro atoms. The Labute approximate surface area is 126 Å². The average Bonchev–Trinajstić information content (AvgIpc) is 2.37. The topological polar surface area (TPSA) is 37.8 Å². The summed E-state index contributed by atoms with van der Waals surface area (Å²) in [4.78, 5) is 8.73. The number of nitrogens with one attached hydrogen (secondary N) is 1. The molecule has 1 N–H and O–H groups in total. The summed E-state index contributed by atoms with van der Waals surface area (Å²) < 4.78 is 1.06. The van der Waals surface area contributed by atoms with Gasteiger partial charge in [0.05, 0.1) is 0 Å². The van der Waals surface area contributed by atoms with Gasteiger partial charge in [-0.2, -0.15) is 0 Å². The van der Waals surface area contributed by atoms with Crippen molar-refractivity contribution in [3.63, 3.8) is 0 Å². The van der Waals surface area contributed by atoms with Crippen LogP contribution in [0.5, 0.6) is 0 Å². The maximum absolute atomic E-state index is 6.13. The van der Waals surface area contributed by atoms with Gasteiger partial charge in [-0.25, -0.2) is 9.97 Å². The van der Waals surface area contributed by atoms with Crippen molar-refractivity contribution in [3.05, 3.63) is 44.8 Å². The highest BCUT2D eigenvalue weighted by molar-refractivity contribution is 9.10. The van der Waals surface area contributed by atoms with Crippen LogP contribution in [0, 0.1) is 13.8 Å². The maximum atomic E-state index is 6.13. The minimum atomic E-state index is 0.504. The van der Waals surface area contributed by atoms with Gasteiger partial charge in [0.25, 0.3) is 0 Å². The second-order valence-corrected chi connectivity index (χ2v) is 5.62. The molecule has 1 aromatic carbocycles. The first-order valence-electron chi connectivity index (χ1n) is 6.07. The fraction of sp³-hybridized carbons (Fsp3) is 0.286. The minimum Gasteiger partial charge on any atom is -0.340 e. The van der Waals surface area contributed by atoms with Crippen LogP contribution in [0.4, 0.5) is 11.5 Å². The van der Waals surface area contributed by atoms with Gasteiger partial charge in [-0.15, -0.1) is 0 Å². The minimum absolute atomic E-state index is 0.504. The monoisotopic (exact) mass is 339 g/mol. The van der Waals surface area contributed by atoms with Crippen LogP contribution in [0.3, 0.4) is 0 Å². The van der Waals surface area contributed by atoms with Crippen LogP contribution < -0.4 is 5.32 Å². The Balaban J connectivity index is 2.40. The highest BCUT2D eigenvalue weighted by Crippen LogP contribution is 2.27. The SMILES string of the molecule is CCc1nc(Cl)c(C)c(Nc2ccc(Br)cc2C)n1. The first-order valence-corrected chi connectivity index (χ1v) is 7.24. The summed E-state index contributed by atoms with van der Waals surface area (Å²) in [6, 6.07) is 6.07. The number of aromatic nitrogens is 2. The molecule has 2 aromatic rings. The van der Waals surface area contributed by atoms with Crippen molar-refractivity contribution >= 4 is 39.0 Å². The molecule has 0 aliphatic carbocycles. The lowest BCUT2D eigenvalue weighted by Crippen LogP contribution is -2.03. The molecule has 0 bridgehead atoms. The molecule has 0 saturated carbocycles. The highest BCUT2D eigenvalue weighted by atomic mass is 79.9. The quantitative estimate of drug-likeness (QED) is 0.814. The van der Waals surface area contributed by atoms with E-state index in [1.165, 1.54) is 0 Å². The molecule has 0 amide bonds. The molecule has 0 atom stereocenters. The number of aryl methyl sites for hydroxylation is 2. The third-order valence-corrected chi connectivity index (χ3v) is 3.75. The van der Waals surface area contributed by atoms with Gasteiger partial charge in [-0.05, 0) is 37.6 Å². The molecule has 0 fully saturated rings. The number of benzene rings is 1. The van der Waals surface area contributed by atoms with E-state index >= 15 is 0 Å². The lowest BCUT2D eigenvalue weighted by atomic mass is 10.2. The Bertz CT molecular complexity index is 614. The zero-order chi connectivity index (χ0) is 14.0. The Kier molecular flexibility index (Phi) is 4.42. The molecule has 1 heterocycles. The third-order valence-electron chi connectivity index (χ3n) is 2.89. The summed E-state index contributed by atoms with van der Waals surface area (Å²) in [5.41, 5.74) is 3.02. The molecule has 0 aliphatic heterocycles. The van der Waals surface area contributed by atoms with E-state index in [1.54, 1.807) is 0 Å². The van der Waals surface area contributed by atoms with Gasteiger partial charge in [-0.3, -0.25) is 0 Å². The van der Waals surface area contributed by atoms with Crippen molar-refractivity contribution < 1.29 is 0 Å². The van der Waals surface area contributed by atoms with Crippen LogP contribution in [0.25, 0.3) is 0 Å². The van der Waals surface area contributed by atoms with E-state index in [4.69, 9.17) is 11.6 Å². The third kappa shape index (κ3) is 3.25. The zero-order valence-electron chi connectivity index (χ0n) is 11.1. The Morgan fingerprint density at radius 1 is 1.26 bits per heavy atom. The normalized spacial score (nSPS) is 10.6. The maximum Gasteiger partial charge on any atom is 0.138 e. The molecule has 0 aliphatic rings. The summed E-state index contributed by atoms with van der Waals surface area (Å²) >= 11 is 9.59. The van der Waals surface area contributed by atoms with Crippen LogP contribution in [0.15, 0.2) is 22.7 Å². The number of hydrogen-bond acceptors (Lipinski definition) is 3. The van der Waals surface area contributed by atoms with Crippen molar-refractivity contribution in [2.45, 2.75) is 27.2 Å². The van der Waals surface area contributed by atoms with E-state index in [0.29, 0.717) is 5.15 Å². The molecule has 100 valence electrons. The van der Waals surface area contributed by atoms with Crippen LogP contribution in [-0.4, -0.2) is 9.97 Å². The largest absolute Gasteiger partial charge is 0.340 e. The standard InChI is InChI=1S/C14H15BrClN3/c1-4-12-18-13(16)9(3)14(19-12)17-11-6-5-10(15)7-8(11)2/h5-7H,4H2,1-3H3,(H,17,18,19). The number of hydrogen-bond donors (Lipinski definition) is 1. The number of rotatable bonds is 3. The van der Waals surface area contributed by atoms with Crippen molar-refractivity contribution in [2.75, 3.05) is 5.32 Å². The second kappa shape index (κ2) is 5.88. The zero-order valence-corrected chi connectivity index (χ0v) is 13.4. The van der Waals surface area contributed by atoms with E-state index in [1.807, 2.05) is 32.9 Å². The smallest absolute Gasteiger partial charge is 0.138 e. The second-order valence-electron chi connectivity index (χ2n) is 4.34. The molecule has 0 unspecified atom stereocenters. The lowest BCUT2D eigenvalue weighted by Gasteiger charge is -2.13. The van der Waals surface area contributed by atoms with Crippen LogP contribution in [0.2, 0.25) is 5.15 Å². The van der Waals surface area contributed by atoms with Gasteiger partial charge in [0.15, 0.2) is 0 Å². The summed E-state index contributed by atoms with van der Waals surface area (Å²) in [7, 11) is 0. The molecule has 2 rings (SSSR count). The number of anilines is 2. The molecule has 0 radical (unpaired) electrons. The molecule has 19 heavy (non-hydrogen) atoms. The van der Waals surface area contributed by atoms with E-state index in [2.05, 4.69) is 37.3 Å². The Morgan fingerprint density at radius 2 is 2.00 bits per heavy atom. The predicted octanol–water partition coefficient (Wildman–Crippen LogP) is 4.82. The molecule has 0 saturated heterocycles. The highest BCUT2D eigenvalue weighted by Gasteiger charge is 2.09. The van der Waals surface area contributed by atoms with Crippen LogP contribution >= 0.6 is 27.5 Å². The molecule has 1 aromatic heterocycles. The van der Waals surface area contributed by atoms with Gasteiger partial charge in [0.1, 0.15) is 16.8 Å². The van der Waals surface area contributed by atoms with E-state index in [9.17, 15) is 0 Å². The fourth-order valence-electron chi connectivity index (χ4n) is 1.71. The Morgan fingerprint density at radius 3 is 2.63 bits per heavy atom. The number of nitrogens with zero attached hydrogens (tertiary/aromatic N) is 2. The van der Waals surface area contributed by atoms with Crippen molar-refractivity contribution in [1.29, 1.82) is 0 Å². The summed E-state index contributed by atoms with van der Waals surface area (Å²) in [6.07, 6.45) is 0.758. The summed E-state index contributed by atoms with van der Waals surface area (Å²) in [5, 5.41) is 3.83. The predicted molar refractivity (Wildman–Crippen MR) is 83.3 cm³/mol. The Hall–Kier alpha value is -1.13. The first kappa shape index (κ1) is 14.3. The molecule has 5 heteroatoms. The average molecular weight is 341 g/mol. The van der Waals surface area contributed by atoms with E-state index in [0.717, 1.165) is 39.4 Å². The molecular formula is C14H15BrClN3. The van der Waals surface area contributed by atoms with Crippen molar-refractivity contribution in [3.8, 4) is 0 Å². The van der Waals surface area contributed by atoms with E-state index in [-0.39, 0.29) is 0 Å². The summed E-state index contributed by atoms with van der Waals surface area (Å²) in [5.74, 6) is 1.51. The molecule has 3 nitrogen and oxygen atoms in total. The number of halogens is 2. The first-order chi connectivity index (χ1) is 9.01.